The first kappa shape index (κ1) is 31.7. The quantitative estimate of drug-likeness (QED) is 0.355. The van der Waals surface area contributed by atoms with Crippen molar-refractivity contribution in [2.75, 3.05) is 42.6 Å². The lowest BCUT2D eigenvalue weighted by atomic mass is 9.78. The Kier molecular flexibility index (Phi) is 9.16. The molecule has 9 nitrogen and oxygen atoms in total. The molecular formula is C31H33Cl2F2N7O2. The minimum absolute atomic E-state index is 0. The smallest absolute Gasteiger partial charge is 0.318 e. The molecule has 0 bridgehead atoms. The Morgan fingerprint density at radius 1 is 1.20 bits per heavy atom. The van der Waals surface area contributed by atoms with Gasteiger partial charge in [-0.25, -0.2) is 8.78 Å². The number of anilines is 2. The first-order chi connectivity index (χ1) is 20.7. The highest BCUT2D eigenvalue weighted by Crippen LogP contribution is 2.38. The van der Waals surface area contributed by atoms with Gasteiger partial charge < -0.3 is 25.2 Å². The number of benzene rings is 2. The SMILES string of the molecule is C=C(F)C(=O)N1CCN(c2nc(OCC3(N)CCC3)nc3c2CCN(c2cccc4ccc(F)c(Cl)c24)C3)CC1CC#N.Cl. The minimum atomic E-state index is -1.05. The molecule has 2 N–H and O–H groups in total. The molecule has 2 aromatic carbocycles. The Balaban J connectivity index is 0.00000384. The molecule has 1 aromatic heterocycles. The van der Waals surface area contributed by atoms with E-state index in [1.54, 1.807) is 6.07 Å². The molecule has 0 spiro atoms. The molecule has 2 aliphatic heterocycles. The number of piperazine rings is 1. The van der Waals surface area contributed by atoms with Crippen LogP contribution >= 0.6 is 24.0 Å². The summed E-state index contributed by atoms with van der Waals surface area (Å²) in [4.78, 5) is 27.6. The third-order valence-electron chi connectivity index (χ3n) is 8.72. The molecule has 3 aromatic rings. The maximum Gasteiger partial charge on any atom is 0.318 e. The van der Waals surface area contributed by atoms with Crippen LogP contribution in [0, 0.1) is 17.1 Å². The number of hydrogen-bond donors (Lipinski definition) is 1. The van der Waals surface area contributed by atoms with Crippen LogP contribution in [0.3, 0.4) is 0 Å². The number of fused-ring (bicyclic) bond motifs is 2. The zero-order chi connectivity index (χ0) is 30.3. The molecule has 3 heterocycles. The highest BCUT2D eigenvalue weighted by atomic mass is 35.5. The number of carbonyl (C=O) groups excluding carboxylic acids is 1. The number of aromatic nitrogens is 2. The summed E-state index contributed by atoms with van der Waals surface area (Å²) in [7, 11) is 0. The second-order valence-electron chi connectivity index (χ2n) is 11.5. The van der Waals surface area contributed by atoms with Crippen molar-refractivity contribution < 1.29 is 18.3 Å². The molecule has 1 unspecified atom stereocenters. The van der Waals surface area contributed by atoms with Crippen LogP contribution in [0.2, 0.25) is 5.02 Å². The van der Waals surface area contributed by atoms with Gasteiger partial charge in [-0.15, -0.1) is 12.4 Å². The zero-order valence-electron chi connectivity index (χ0n) is 24.1. The molecule has 1 aliphatic carbocycles. The van der Waals surface area contributed by atoms with E-state index in [0.717, 1.165) is 41.6 Å². The summed E-state index contributed by atoms with van der Waals surface area (Å²) in [5.74, 6) is -1.67. The van der Waals surface area contributed by atoms with Gasteiger partial charge >= 0.3 is 6.01 Å². The summed E-state index contributed by atoms with van der Waals surface area (Å²) >= 11 is 6.45. The number of amides is 1. The maximum absolute atomic E-state index is 14.5. The van der Waals surface area contributed by atoms with E-state index in [4.69, 9.17) is 32.0 Å². The van der Waals surface area contributed by atoms with Crippen molar-refractivity contribution in [1.82, 2.24) is 14.9 Å². The number of rotatable bonds is 7. The fourth-order valence-electron chi connectivity index (χ4n) is 6.21. The van der Waals surface area contributed by atoms with Crippen LogP contribution in [0.1, 0.15) is 36.9 Å². The van der Waals surface area contributed by atoms with Gasteiger partial charge in [0.15, 0.2) is 5.83 Å². The third kappa shape index (κ3) is 5.99. The predicted molar refractivity (Wildman–Crippen MR) is 167 cm³/mol. The molecule has 6 rings (SSSR count). The van der Waals surface area contributed by atoms with Crippen LogP contribution in [0.5, 0.6) is 6.01 Å². The first-order valence-corrected chi connectivity index (χ1v) is 14.8. The largest absolute Gasteiger partial charge is 0.461 e. The van der Waals surface area contributed by atoms with E-state index in [-0.39, 0.29) is 49.6 Å². The Bertz CT molecular complexity index is 1650. The second-order valence-corrected chi connectivity index (χ2v) is 11.9. The Labute approximate surface area is 265 Å². The van der Waals surface area contributed by atoms with Crippen LogP contribution in [-0.2, 0) is 17.8 Å². The van der Waals surface area contributed by atoms with Crippen LogP contribution < -0.4 is 20.3 Å². The lowest BCUT2D eigenvalue weighted by Crippen LogP contribution is -2.56. The van der Waals surface area contributed by atoms with Crippen molar-refractivity contribution in [3.63, 3.8) is 0 Å². The van der Waals surface area contributed by atoms with Gasteiger partial charge in [-0.3, -0.25) is 4.79 Å². The van der Waals surface area contributed by atoms with Crippen LogP contribution in [0.4, 0.5) is 20.3 Å². The van der Waals surface area contributed by atoms with Gasteiger partial charge in [0.05, 0.1) is 41.3 Å². The van der Waals surface area contributed by atoms with E-state index >= 15 is 0 Å². The average molecular weight is 645 g/mol. The fourth-order valence-corrected chi connectivity index (χ4v) is 6.48. The summed E-state index contributed by atoms with van der Waals surface area (Å²) in [6.45, 7) is 5.32. The molecule has 1 saturated heterocycles. The van der Waals surface area contributed by atoms with Crippen molar-refractivity contribution >= 4 is 52.2 Å². The summed E-state index contributed by atoms with van der Waals surface area (Å²) in [5.41, 5.74) is 8.49. The molecule has 2 fully saturated rings. The second kappa shape index (κ2) is 12.7. The number of nitriles is 1. The summed E-state index contributed by atoms with van der Waals surface area (Å²) in [5, 5.41) is 11.0. The van der Waals surface area contributed by atoms with Gasteiger partial charge in [0.1, 0.15) is 18.2 Å². The highest BCUT2D eigenvalue weighted by molar-refractivity contribution is 6.36. The van der Waals surface area contributed by atoms with Gasteiger partial charge in [0.25, 0.3) is 5.91 Å². The number of ether oxygens (including phenoxy) is 1. The van der Waals surface area contributed by atoms with Crippen molar-refractivity contribution in [2.45, 2.75) is 50.2 Å². The highest BCUT2D eigenvalue weighted by Gasteiger charge is 2.36. The van der Waals surface area contributed by atoms with Crippen molar-refractivity contribution in [3.05, 3.63) is 64.8 Å². The Hall–Kier alpha value is -3.72. The molecule has 1 amide bonds. The normalized spacial score (nSPS) is 19.0. The van der Waals surface area contributed by atoms with Crippen LogP contribution in [0.25, 0.3) is 10.8 Å². The Morgan fingerprint density at radius 3 is 2.70 bits per heavy atom. The minimum Gasteiger partial charge on any atom is -0.461 e. The molecule has 44 heavy (non-hydrogen) atoms. The molecule has 1 saturated carbocycles. The number of halogens is 4. The molecule has 3 aliphatic rings. The molecule has 1 atom stereocenters. The molecule has 13 heteroatoms. The van der Waals surface area contributed by atoms with E-state index in [9.17, 15) is 18.8 Å². The lowest BCUT2D eigenvalue weighted by Gasteiger charge is -2.42. The summed E-state index contributed by atoms with van der Waals surface area (Å²) in [6.07, 6.45) is 3.39. The molecular weight excluding hydrogens is 611 g/mol. The maximum atomic E-state index is 14.5. The number of nitrogens with two attached hydrogens (primary N) is 1. The fraction of sp³-hybridized carbons (Fsp3) is 0.419. The van der Waals surface area contributed by atoms with Crippen molar-refractivity contribution in [3.8, 4) is 12.1 Å². The standard InChI is InChI=1S/C31H32ClF2N7O2.ClH/c1-19(33)29(42)41-15-14-40(16-21(41)8-12-35)28-22-9-13-39(25-5-2-4-20-6-7-23(34)27(32)26(20)25)17-24(22)37-30(38-28)43-18-31(36)10-3-11-31;/h2,4-7,21H,1,3,8-11,13-18,36H2;1H. The zero-order valence-corrected chi connectivity index (χ0v) is 25.6. The molecule has 0 radical (unpaired) electrons. The molecule has 232 valence electrons. The monoisotopic (exact) mass is 643 g/mol. The summed E-state index contributed by atoms with van der Waals surface area (Å²) < 4.78 is 34.3. The van der Waals surface area contributed by atoms with Crippen LogP contribution in [-0.4, -0.2) is 65.1 Å². The van der Waals surface area contributed by atoms with Gasteiger partial charge in [0.2, 0.25) is 0 Å². The van der Waals surface area contributed by atoms with E-state index in [1.165, 1.54) is 11.0 Å². The van der Waals surface area contributed by atoms with Gasteiger partial charge in [-0.05, 0) is 43.2 Å². The third-order valence-corrected chi connectivity index (χ3v) is 9.09. The van der Waals surface area contributed by atoms with E-state index in [2.05, 4.69) is 17.5 Å². The number of hydrogen-bond acceptors (Lipinski definition) is 8. The average Bonchev–Trinajstić information content (AvgIpc) is 2.99. The van der Waals surface area contributed by atoms with E-state index in [1.807, 2.05) is 23.1 Å². The summed E-state index contributed by atoms with van der Waals surface area (Å²) in [6, 6.07) is 10.6. The predicted octanol–water partition coefficient (Wildman–Crippen LogP) is 5.08. The Morgan fingerprint density at radius 2 is 2.00 bits per heavy atom. The topological polar surface area (TPSA) is 112 Å². The van der Waals surface area contributed by atoms with Gasteiger partial charge in [-0.2, -0.15) is 15.2 Å². The van der Waals surface area contributed by atoms with Gasteiger partial charge in [0, 0.05) is 42.8 Å². The van der Waals surface area contributed by atoms with E-state index in [0.29, 0.717) is 37.3 Å². The van der Waals surface area contributed by atoms with Gasteiger partial charge in [-0.1, -0.05) is 36.4 Å². The van der Waals surface area contributed by atoms with Crippen LogP contribution in [0.15, 0.2) is 42.7 Å². The van der Waals surface area contributed by atoms with Crippen molar-refractivity contribution in [2.24, 2.45) is 5.73 Å². The van der Waals surface area contributed by atoms with Crippen molar-refractivity contribution in [1.29, 1.82) is 5.26 Å². The van der Waals surface area contributed by atoms with E-state index < -0.39 is 29.1 Å². The first-order valence-electron chi connectivity index (χ1n) is 14.4. The lowest BCUT2D eigenvalue weighted by molar-refractivity contribution is -0.131. The number of nitrogens with zero attached hydrogens (tertiary/aromatic N) is 6. The number of carbonyl (C=O) groups is 1.